The van der Waals surface area contributed by atoms with Gasteiger partial charge < -0.3 is 9.84 Å². The first-order valence-electron chi connectivity index (χ1n) is 9.57. The maximum Gasteiger partial charge on any atom is 0.378 e. The van der Waals surface area contributed by atoms with E-state index in [1.54, 1.807) is 6.07 Å². The zero-order valence-electron chi connectivity index (χ0n) is 17.3. The van der Waals surface area contributed by atoms with Crippen LogP contribution in [-0.4, -0.2) is 33.1 Å². The number of aromatic nitrogens is 2. The molecule has 170 valence electrons. The fourth-order valence-corrected chi connectivity index (χ4v) is 3.05. The van der Waals surface area contributed by atoms with Gasteiger partial charge in [-0.15, -0.1) is 0 Å². The van der Waals surface area contributed by atoms with E-state index in [2.05, 4.69) is 4.74 Å². The van der Waals surface area contributed by atoms with Gasteiger partial charge in [-0.05, 0) is 12.1 Å². The highest BCUT2D eigenvalue weighted by atomic mass is 19.1. The van der Waals surface area contributed by atoms with Crippen LogP contribution in [0.3, 0.4) is 0 Å². The van der Waals surface area contributed by atoms with Crippen LogP contribution in [0, 0.1) is 11.6 Å². The Bertz CT molecular complexity index is 1370. The van der Waals surface area contributed by atoms with Gasteiger partial charge >= 0.3 is 11.7 Å². The second kappa shape index (κ2) is 9.86. The number of halogens is 2. The Hall–Kier alpha value is -4.34. The summed E-state index contributed by atoms with van der Waals surface area (Å²) in [6.07, 6.45) is 1.40. The van der Waals surface area contributed by atoms with E-state index >= 15 is 0 Å². The summed E-state index contributed by atoms with van der Waals surface area (Å²) in [5.41, 5.74) is -2.35. The van der Waals surface area contributed by atoms with Gasteiger partial charge in [0.2, 0.25) is 0 Å². The average molecular weight is 456 g/mol. The predicted octanol–water partition coefficient (Wildman–Crippen LogP) is 2.03. The van der Waals surface area contributed by atoms with Crippen molar-refractivity contribution in [2.45, 2.75) is 13.1 Å². The third-order valence-electron chi connectivity index (χ3n) is 4.75. The third kappa shape index (κ3) is 5.12. The summed E-state index contributed by atoms with van der Waals surface area (Å²) in [5.74, 6) is -4.73. The van der Waals surface area contributed by atoms with Crippen LogP contribution >= 0.6 is 0 Å². The molecule has 0 aliphatic rings. The lowest BCUT2D eigenvalue weighted by molar-refractivity contribution is -0.149. The Morgan fingerprint density at radius 3 is 2.06 bits per heavy atom. The first kappa shape index (κ1) is 23.3. The largest absolute Gasteiger partial charge is 0.507 e. The molecule has 1 heterocycles. The molecule has 0 spiro atoms. The highest BCUT2D eigenvalue weighted by molar-refractivity contribution is 6.39. The van der Waals surface area contributed by atoms with Gasteiger partial charge in [0.15, 0.2) is 0 Å². The monoisotopic (exact) mass is 456 g/mol. The Kier molecular flexibility index (Phi) is 6.97. The molecule has 0 radical (unpaired) electrons. The molecule has 1 N–H and O–H groups in total. The van der Waals surface area contributed by atoms with Crippen LogP contribution in [0.5, 0.6) is 0 Å². The van der Waals surface area contributed by atoms with Crippen molar-refractivity contribution < 1.29 is 28.2 Å². The Labute approximate surface area is 185 Å². The Morgan fingerprint density at radius 2 is 1.52 bits per heavy atom. The molecule has 0 aliphatic heterocycles. The van der Waals surface area contributed by atoms with Crippen molar-refractivity contribution in [2.24, 2.45) is 0 Å². The molecule has 8 nitrogen and oxygen atoms in total. The van der Waals surface area contributed by atoms with E-state index in [1.807, 2.05) is 0 Å². The van der Waals surface area contributed by atoms with E-state index in [4.69, 9.17) is 0 Å². The lowest BCUT2D eigenvalue weighted by atomic mass is 10.2. The van der Waals surface area contributed by atoms with E-state index < -0.39 is 52.5 Å². The van der Waals surface area contributed by atoms with Crippen molar-refractivity contribution >= 4 is 17.5 Å². The van der Waals surface area contributed by atoms with Crippen molar-refractivity contribution in [3.05, 3.63) is 110 Å². The van der Waals surface area contributed by atoms with Crippen LogP contribution in [-0.2, 0) is 27.4 Å². The minimum Gasteiger partial charge on any atom is -0.507 e. The molecule has 0 saturated heterocycles. The van der Waals surface area contributed by atoms with Crippen molar-refractivity contribution in [1.82, 2.24) is 9.13 Å². The third-order valence-corrected chi connectivity index (χ3v) is 4.75. The van der Waals surface area contributed by atoms with Gasteiger partial charge in [0.05, 0.1) is 25.8 Å². The number of ether oxygens (including phenoxy) is 1. The SMILES string of the molecule is COC(=O)C(=O)C=C(O)c1cn(Cc2ccccc2F)c(=O)n(Cc2ccccc2F)c1=O. The van der Waals surface area contributed by atoms with Gasteiger partial charge in [-0.1, -0.05) is 36.4 Å². The first-order chi connectivity index (χ1) is 15.7. The summed E-state index contributed by atoms with van der Waals surface area (Å²) >= 11 is 0. The van der Waals surface area contributed by atoms with Gasteiger partial charge in [0.1, 0.15) is 17.4 Å². The van der Waals surface area contributed by atoms with Crippen LogP contribution in [0.2, 0.25) is 0 Å². The standard InChI is InChI=1S/C23H18F2N2O6/c1-33-22(31)20(29)10-19(28)16-13-26(11-14-6-2-4-8-17(14)24)23(32)27(21(16)30)12-15-7-3-5-9-18(15)25/h2-10,13,28H,11-12H2,1H3. The number of carbonyl (C=O) groups is 2. The molecule has 0 aliphatic carbocycles. The first-order valence-corrected chi connectivity index (χ1v) is 9.57. The summed E-state index contributed by atoms with van der Waals surface area (Å²) < 4.78 is 34.2. The normalized spacial score (nSPS) is 11.3. The summed E-state index contributed by atoms with van der Waals surface area (Å²) in [5, 5.41) is 10.4. The molecule has 0 fully saturated rings. The Morgan fingerprint density at radius 1 is 0.970 bits per heavy atom. The van der Waals surface area contributed by atoms with Crippen molar-refractivity contribution in [3.8, 4) is 0 Å². The predicted molar refractivity (Wildman–Crippen MR) is 114 cm³/mol. The van der Waals surface area contributed by atoms with E-state index in [-0.39, 0.29) is 17.7 Å². The van der Waals surface area contributed by atoms with Crippen molar-refractivity contribution in [1.29, 1.82) is 0 Å². The molecule has 0 amide bonds. The molecular formula is C23H18F2N2O6. The highest BCUT2D eigenvalue weighted by Crippen LogP contribution is 2.12. The number of methoxy groups -OCH3 is 1. The molecule has 3 aromatic rings. The molecule has 0 atom stereocenters. The quantitative estimate of drug-likeness (QED) is 0.252. The van der Waals surface area contributed by atoms with Crippen LogP contribution in [0.4, 0.5) is 8.78 Å². The maximum atomic E-state index is 14.2. The second-order valence-corrected chi connectivity index (χ2v) is 6.91. The zero-order valence-corrected chi connectivity index (χ0v) is 17.3. The van der Waals surface area contributed by atoms with Crippen molar-refractivity contribution in [2.75, 3.05) is 7.11 Å². The number of aliphatic hydroxyl groups excluding tert-OH is 1. The minimum absolute atomic E-state index is 0.0143. The number of carbonyl (C=O) groups excluding carboxylic acids is 2. The lowest BCUT2D eigenvalue weighted by Crippen LogP contribution is -2.42. The van der Waals surface area contributed by atoms with E-state index in [1.165, 1.54) is 36.4 Å². The minimum atomic E-state index is -1.28. The number of hydrogen-bond acceptors (Lipinski definition) is 6. The molecule has 3 rings (SSSR count). The molecule has 33 heavy (non-hydrogen) atoms. The maximum absolute atomic E-state index is 14.2. The number of aliphatic hydroxyl groups is 1. The molecule has 0 bridgehead atoms. The fourth-order valence-electron chi connectivity index (χ4n) is 3.05. The van der Waals surface area contributed by atoms with Gasteiger partial charge in [-0.2, -0.15) is 0 Å². The molecule has 10 heteroatoms. The number of nitrogens with zero attached hydrogens (tertiary/aromatic N) is 2. The Balaban J connectivity index is 2.19. The number of rotatable bonds is 7. The lowest BCUT2D eigenvalue weighted by Gasteiger charge is -2.14. The molecular weight excluding hydrogens is 438 g/mol. The summed E-state index contributed by atoms with van der Waals surface area (Å²) in [7, 11) is 0.959. The summed E-state index contributed by atoms with van der Waals surface area (Å²) in [6.45, 7) is -0.817. The number of hydrogen-bond donors (Lipinski definition) is 1. The van der Waals surface area contributed by atoms with E-state index in [0.717, 1.165) is 23.9 Å². The van der Waals surface area contributed by atoms with Gasteiger partial charge in [-0.3, -0.25) is 18.7 Å². The smallest absolute Gasteiger partial charge is 0.378 e. The zero-order chi connectivity index (χ0) is 24.1. The van der Waals surface area contributed by atoms with Crippen molar-refractivity contribution in [3.63, 3.8) is 0 Å². The average Bonchev–Trinajstić information content (AvgIpc) is 2.80. The summed E-state index contributed by atoms with van der Waals surface area (Å²) in [6, 6.07) is 11.1. The molecule has 2 aromatic carbocycles. The van der Waals surface area contributed by atoms with E-state index in [0.29, 0.717) is 10.6 Å². The highest BCUT2D eigenvalue weighted by Gasteiger charge is 2.19. The fraction of sp³-hybridized carbons (Fsp3) is 0.130. The second-order valence-electron chi connectivity index (χ2n) is 6.91. The van der Waals surface area contributed by atoms with Gasteiger partial charge in [-0.25, -0.2) is 18.4 Å². The van der Waals surface area contributed by atoms with Gasteiger partial charge in [0.25, 0.3) is 11.3 Å². The van der Waals surface area contributed by atoms with Crippen LogP contribution < -0.4 is 11.2 Å². The number of ketones is 1. The molecule has 1 aromatic heterocycles. The summed E-state index contributed by atoms with van der Waals surface area (Å²) in [4.78, 5) is 49.1. The number of esters is 1. The van der Waals surface area contributed by atoms with Crippen LogP contribution in [0.15, 0.2) is 70.4 Å². The molecule has 0 saturated carbocycles. The topological polar surface area (TPSA) is 108 Å². The van der Waals surface area contributed by atoms with Gasteiger partial charge in [0, 0.05) is 23.4 Å². The van der Waals surface area contributed by atoms with E-state index in [9.17, 15) is 33.1 Å². The molecule has 0 unspecified atom stereocenters. The van der Waals surface area contributed by atoms with Crippen LogP contribution in [0.1, 0.15) is 16.7 Å². The number of benzene rings is 2. The van der Waals surface area contributed by atoms with Crippen LogP contribution in [0.25, 0.3) is 5.76 Å².